The van der Waals surface area contributed by atoms with E-state index >= 15 is 0 Å². The van der Waals surface area contributed by atoms with Gasteiger partial charge in [0.15, 0.2) is 0 Å². The Morgan fingerprint density at radius 1 is 0.966 bits per heavy atom. The summed E-state index contributed by atoms with van der Waals surface area (Å²) in [5, 5.41) is 6.36. The van der Waals surface area contributed by atoms with Crippen LogP contribution in [0.1, 0.15) is 52.9 Å². The quantitative estimate of drug-likeness (QED) is 0.179. The second kappa shape index (κ2) is 16.8. The maximum Gasteiger partial charge on any atom is 0.407 e. The average molecular weight is 418 g/mol. The maximum absolute atomic E-state index is 11.6. The number of hydrogen-bond donors (Lipinski definition) is 6. The molecule has 0 spiro atoms. The second-order valence-corrected chi connectivity index (χ2v) is 8.57. The van der Waals surface area contributed by atoms with E-state index in [0.29, 0.717) is 32.2 Å². The van der Waals surface area contributed by atoms with Crippen LogP contribution in [0.15, 0.2) is 0 Å². The van der Waals surface area contributed by atoms with E-state index in [-0.39, 0.29) is 12.1 Å². The van der Waals surface area contributed by atoms with Crippen LogP contribution in [0.2, 0.25) is 0 Å². The van der Waals surface area contributed by atoms with E-state index in [2.05, 4.69) is 15.5 Å². The summed E-state index contributed by atoms with van der Waals surface area (Å²) in [4.78, 5) is 13.9. The molecule has 10 N–H and O–H groups in total. The summed E-state index contributed by atoms with van der Waals surface area (Å²) in [6.07, 6.45) is 4.20. The van der Waals surface area contributed by atoms with Gasteiger partial charge in [-0.15, -0.1) is 0 Å². The molecule has 0 fully saturated rings. The molecule has 0 rings (SSSR count). The third kappa shape index (κ3) is 17.6. The highest BCUT2D eigenvalue weighted by Gasteiger charge is 2.16. The maximum atomic E-state index is 11.6. The molecule has 0 heterocycles. The molecule has 0 radical (unpaired) electrons. The lowest BCUT2D eigenvalue weighted by molar-refractivity contribution is 0.0527. The highest BCUT2D eigenvalue weighted by Crippen LogP contribution is 2.08. The van der Waals surface area contributed by atoms with Crippen molar-refractivity contribution >= 4 is 6.09 Å². The molecular formula is C20H47N7O2. The molecule has 9 heteroatoms. The van der Waals surface area contributed by atoms with Crippen molar-refractivity contribution in [2.24, 2.45) is 22.9 Å². The molecule has 174 valence electrons. The number of unbranched alkanes of at least 4 members (excludes halogenated alkanes) is 1. The fraction of sp³-hybridized carbons (Fsp3) is 0.950. The molecule has 0 aliphatic heterocycles. The van der Waals surface area contributed by atoms with Crippen LogP contribution < -0.4 is 33.6 Å². The molecule has 2 atom stereocenters. The predicted molar refractivity (Wildman–Crippen MR) is 121 cm³/mol. The molecule has 0 aliphatic carbocycles. The third-order valence-electron chi connectivity index (χ3n) is 4.52. The molecule has 0 saturated carbocycles. The van der Waals surface area contributed by atoms with Crippen molar-refractivity contribution in [2.45, 2.75) is 70.6 Å². The third-order valence-corrected chi connectivity index (χ3v) is 4.52. The van der Waals surface area contributed by atoms with Gasteiger partial charge in [0.2, 0.25) is 0 Å². The number of rotatable bonds is 17. The summed E-state index contributed by atoms with van der Waals surface area (Å²) in [5.74, 6) is 0. The zero-order valence-electron chi connectivity index (χ0n) is 18.9. The van der Waals surface area contributed by atoms with Crippen molar-refractivity contribution in [3.05, 3.63) is 0 Å². The Morgan fingerprint density at radius 2 is 1.62 bits per heavy atom. The van der Waals surface area contributed by atoms with Crippen LogP contribution in [0.4, 0.5) is 4.79 Å². The Morgan fingerprint density at radius 3 is 2.17 bits per heavy atom. The summed E-state index contributed by atoms with van der Waals surface area (Å²) in [6, 6.07) is 0.428. The van der Waals surface area contributed by atoms with Gasteiger partial charge in [0.05, 0.1) is 0 Å². The van der Waals surface area contributed by atoms with Gasteiger partial charge in [0.25, 0.3) is 0 Å². The van der Waals surface area contributed by atoms with E-state index in [4.69, 9.17) is 27.7 Å². The molecule has 0 bridgehead atoms. The van der Waals surface area contributed by atoms with Crippen molar-refractivity contribution < 1.29 is 9.53 Å². The Balaban J connectivity index is 4.02. The molecular weight excluding hydrogens is 370 g/mol. The molecule has 0 aromatic carbocycles. The number of alkyl carbamates (subject to hydrolysis) is 1. The van der Waals surface area contributed by atoms with Crippen molar-refractivity contribution in [3.63, 3.8) is 0 Å². The van der Waals surface area contributed by atoms with Crippen LogP contribution in [0.3, 0.4) is 0 Å². The molecule has 0 aromatic heterocycles. The fourth-order valence-electron chi connectivity index (χ4n) is 3.15. The second-order valence-electron chi connectivity index (χ2n) is 8.57. The lowest BCUT2D eigenvalue weighted by Crippen LogP contribution is -2.43. The first-order valence-corrected chi connectivity index (χ1v) is 11.0. The molecule has 1 amide bonds. The SMILES string of the molecule is CC(C)(C)OC(=O)NCCCCC(N)CC(CCN)NCCN(CCN)CCN. The summed E-state index contributed by atoms with van der Waals surface area (Å²) < 4.78 is 5.22. The lowest BCUT2D eigenvalue weighted by Gasteiger charge is -2.25. The van der Waals surface area contributed by atoms with Gasteiger partial charge in [-0.1, -0.05) is 6.42 Å². The van der Waals surface area contributed by atoms with Gasteiger partial charge in [-0.3, -0.25) is 4.90 Å². The summed E-state index contributed by atoms with van der Waals surface area (Å²) in [7, 11) is 0. The van der Waals surface area contributed by atoms with Gasteiger partial charge in [-0.05, 0) is 53.0 Å². The van der Waals surface area contributed by atoms with E-state index in [9.17, 15) is 4.79 Å². The number of nitrogens with zero attached hydrogens (tertiary/aromatic N) is 1. The molecule has 9 nitrogen and oxygen atoms in total. The topological polar surface area (TPSA) is 158 Å². The van der Waals surface area contributed by atoms with E-state index in [1.54, 1.807) is 0 Å². The van der Waals surface area contributed by atoms with E-state index in [1.165, 1.54) is 0 Å². The Bertz CT molecular complexity index is 399. The first-order valence-electron chi connectivity index (χ1n) is 11.0. The van der Waals surface area contributed by atoms with Gasteiger partial charge in [-0.2, -0.15) is 0 Å². The van der Waals surface area contributed by atoms with Crippen LogP contribution >= 0.6 is 0 Å². The van der Waals surface area contributed by atoms with Crippen LogP contribution in [0, 0.1) is 0 Å². The average Bonchev–Trinajstić information content (AvgIpc) is 2.60. The minimum atomic E-state index is -0.469. The molecule has 2 unspecified atom stereocenters. The van der Waals surface area contributed by atoms with Crippen LogP contribution in [0.25, 0.3) is 0 Å². The Hall–Kier alpha value is -0.970. The van der Waals surface area contributed by atoms with Crippen molar-refractivity contribution in [1.82, 2.24) is 15.5 Å². The van der Waals surface area contributed by atoms with Crippen molar-refractivity contribution in [2.75, 3.05) is 52.4 Å². The molecule has 29 heavy (non-hydrogen) atoms. The van der Waals surface area contributed by atoms with Crippen molar-refractivity contribution in [3.8, 4) is 0 Å². The number of carbonyl (C=O) groups excluding carboxylic acids is 1. The van der Waals surface area contributed by atoms with Gasteiger partial charge in [0.1, 0.15) is 5.60 Å². The monoisotopic (exact) mass is 417 g/mol. The molecule has 0 saturated heterocycles. The summed E-state index contributed by atoms with van der Waals surface area (Å²) in [5.41, 5.74) is 22.9. The largest absolute Gasteiger partial charge is 0.444 e. The van der Waals surface area contributed by atoms with Gasteiger partial charge in [-0.25, -0.2) is 4.79 Å². The number of carbonyl (C=O) groups is 1. The van der Waals surface area contributed by atoms with Gasteiger partial charge in [0, 0.05) is 57.9 Å². The standard InChI is InChI=1S/C20H47N7O2/c1-20(2,3)29-19(28)26-11-5-4-6-17(24)16-18(7-8-21)25-12-15-27(13-9-22)14-10-23/h17-18,25H,4-16,21-24H2,1-3H3,(H,26,28). The van der Waals surface area contributed by atoms with Crippen LogP contribution in [-0.2, 0) is 4.74 Å². The van der Waals surface area contributed by atoms with Crippen LogP contribution in [-0.4, -0.2) is 81.0 Å². The predicted octanol–water partition coefficient (Wildman–Crippen LogP) is -0.0748. The zero-order chi connectivity index (χ0) is 22.1. The zero-order valence-corrected chi connectivity index (χ0v) is 18.9. The lowest BCUT2D eigenvalue weighted by atomic mass is 10.00. The van der Waals surface area contributed by atoms with E-state index in [0.717, 1.165) is 58.3 Å². The van der Waals surface area contributed by atoms with Gasteiger partial charge >= 0.3 is 6.09 Å². The first-order chi connectivity index (χ1) is 13.7. The number of hydrogen-bond acceptors (Lipinski definition) is 8. The smallest absolute Gasteiger partial charge is 0.407 e. The summed E-state index contributed by atoms with van der Waals surface area (Å²) in [6.45, 7) is 11.6. The number of nitrogens with two attached hydrogens (primary N) is 4. The van der Waals surface area contributed by atoms with Gasteiger partial charge < -0.3 is 38.3 Å². The normalized spacial score (nSPS) is 14.1. The highest BCUT2D eigenvalue weighted by molar-refractivity contribution is 5.67. The summed E-state index contributed by atoms with van der Waals surface area (Å²) >= 11 is 0. The number of amides is 1. The Labute approximate surface area is 177 Å². The van der Waals surface area contributed by atoms with Crippen molar-refractivity contribution in [1.29, 1.82) is 0 Å². The minimum absolute atomic E-state index is 0.116. The highest BCUT2D eigenvalue weighted by atomic mass is 16.6. The minimum Gasteiger partial charge on any atom is -0.444 e. The fourth-order valence-corrected chi connectivity index (χ4v) is 3.15. The van der Waals surface area contributed by atoms with E-state index < -0.39 is 5.60 Å². The number of nitrogens with one attached hydrogen (secondary N) is 2. The number of ether oxygens (including phenoxy) is 1. The van der Waals surface area contributed by atoms with Crippen LogP contribution in [0.5, 0.6) is 0 Å². The first kappa shape index (κ1) is 28.0. The molecule has 0 aliphatic rings. The Kier molecular flexibility index (Phi) is 16.2. The molecule has 0 aromatic rings. The van der Waals surface area contributed by atoms with E-state index in [1.807, 2.05) is 20.8 Å².